The van der Waals surface area contributed by atoms with Crippen LogP contribution in [0, 0.1) is 0 Å². The van der Waals surface area contributed by atoms with Crippen molar-refractivity contribution in [1.82, 2.24) is 15.2 Å². The Morgan fingerprint density at radius 2 is 1.89 bits per heavy atom. The third kappa shape index (κ3) is 3.03. The molecule has 8 heteroatoms. The predicted octanol–water partition coefficient (Wildman–Crippen LogP) is 2.89. The third-order valence-electron chi connectivity index (χ3n) is 4.34. The number of nitrogens with zero attached hydrogens (tertiary/aromatic N) is 1. The molecule has 0 aliphatic carbocycles. The fraction of sp³-hybridized carbons (Fsp3) is 0. The van der Waals surface area contributed by atoms with Crippen molar-refractivity contribution in [2.75, 3.05) is 5.32 Å². The summed E-state index contributed by atoms with van der Waals surface area (Å²) in [5.74, 6) is -0.843. The number of anilines is 1. The lowest BCUT2D eigenvalue weighted by Crippen LogP contribution is -2.11. The van der Waals surface area contributed by atoms with E-state index in [0.717, 1.165) is 0 Å². The first kappa shape index (κ1) is 17.2. The summed E-state index contributed by atoms with van der Waals surface area (Å²) in [4.78, 5) is 38.7. The fourth-order valence-corrected chi connectivity index (χ4v) is 2.95. The second-order valence-corrected chi connectivity index (χ2v) is 6.12. The van der Waals surface area contributed by atoms with Crippen molar-refractivity contribution < 1.29 is 19.5 Å². The summed E-state index contributed by atoms with van der Waals surface area (Å²) in [6.07, 6.45) is 3.43. The molecule has 0 bridgehead atoms. The molecule has 4 rings (SSSR count). The Bertz CT molecular complexity index is 1210. The van der Waals surface area contributed by atoms with Gasteiger partial charge >= 0.3 is 0 Å². The Balaban J connectivity index is 1.62. The summed E-state index contributed by atoms with van der Waals surface area (Å²) in [5.41, 5.74) is 2.24. The molecule has 0 spiro atoms. The summed E-state index contributed by atoms with van der Waals surface area (Å²) >= 11 is 0. The van der Waals surface area contributed by atoms with E-state index in [1.807, 2.05) is 0 Å². The normalized spacial score (nSPS) is 10.7. The van der Waals surface area contributed by atoms with Crippen molar-refractivity contribution >= 4 is 34.6 Å². The number of aromatic nitrogens is 3. The highest BCUT2D eigenvalue weighted by atomic mass is 16.3. The van der Waals surface area contributed by atoms with Crippen molar-refractivity contribution in [2.45, 2.75) is 0 Å². The van der Waals surface area contributed by atoms with Gasteiger partial charge in [0.15, 0.2) is 17.9 Å². The van der Waals surface area contributed by atoms with Crippen LogP contribution in [0.2, 0.25) is 0 Å². The zero-order valence-corrected chi connectivity index (χ0v) is 14.4. The number of ketones is 1. The number of rotatable bonds is 5. The van der Waals surface area contributed by atoms with Gasteiger partial charge in [-0.1, -0.05) is 24.3 Å². The number of fused-ring (bicyclic) bond motifs is 1. The lowest BCUT2D eigenvalue weighted by atomic mass is 10.0. The smallest absolute Gasteiger partial charge is 0.258 e. The van der Waals surface area contributed by atoms with Crippen LogP contribution in [-0.4, -0.2) is 38.3 Å². The molecule has 0 saturated carbocycles. The number of carbonyl (C=O) groups is 3. The molecule has 4 aromatic rings. The number of hydrogen-bond donors (Lipinski definition) is 4. The Hall–Kier alpha value is -4.20. The van der Waals surface area contributed by atoms with Gasteiger partial charge in [0, 0.05) is 33.9 Å². The number of aromatic hydroxyl groups is 1. The van der Waals surface area contributed by atoms with Crippen LogP contribution in [0.1, 0.15) is 36.6 Å². The van der Waals surface area contributed by atoms with Crippen molar-refractivity contribution in [1.29, 1.82) is 0 Å². The van der Waals surface area contributed by atoms with Crippen molar-refractivity contribution in [3.05, 3.63) is 77.1 Å². The maximum atomic E-state index is 12.8. The van der Waals surface area contributed by atoms with E-state index in [9.17, 15) is 19.5 Å². The third-order valence-corrected chi connectivity index (χ3v) is 4.34. The molecular weight excluding hydrogens is 360 g/mol. The van der Waals surface area contributed by atoms with Crippen molar-refractivity contribution in [2.24, 2.45) is 0 Å². The summed E-state index contributed by atoms with van der Waals surface area (Å²) in [7, 11) is 0. The molecule has 8 nitrogen and oxygen atoms in total. The SMILES string of the molecule is O=Cc1c(O)[nH]c2cc(C(=O)c3cccc(NC(=O)c4cn[nH]c4)c3)ccc12. The van der Waals surface area contributed by atoms with E-state index in [4.69, 9.17) is 0 Å². The van der Waals surface area contributed by atoms with Crippen LogP contribution >= 0.6 is 0 Å². The number of H-pyrrole nitrogens is 2. The maximum absolute atomic E-state index is 12.8. The molecule has 0 fully saturated rings. The monoisotopic (exact) mass is 374 g/mol. The van der Waals surface area contributed by atoms with Crippen LogP contribution in [0.5, 0.6) is 5.88 Å². The van der Waals surface area contributed by atoms with E-state index < -0.39 is 0 Å². The van der Waals surface area contributed by atoms with Crippen molar-refractivity contribution in [3.8, 4) is 5.88 Å². The highest BCUT2D eigenvalue weighted by Gasteiger charge is 2.15. The van der Waals surface area contributed by atoms with Gasteiger partial charge in [0.1, 0.15) is 0 Å². The van der Waals surface area contributed by atoms with E-state index in [1.165, 1.54) is 12.4 Å². The average Bonchev–Trinajstić information content (AvgIpc) is 3.34. The van der Waals surface area contributed by atoms with E-state index in [1.54, 1.807) is 42.5 Å². The van der Waals surface area contributed by atoms with Gasteiger partial charge in [0.25, 0.3) is 5.91 Å². The van der Waals surface area contributed by atoms with E-state index >= 15 is 0 Å². The second-order valence-electron chi connectivity index (χ2n) is 6.12. The Kier molecular flexibility index (Phi) is 4.21. The minimum Gasteiger partial charge on any atom is -0.494 e. The number of aromatic amines is 2. The van der Waals surface area contributed by atoms with Crippen LogP contribution in [0.15, 0.2) is 54.9 Å². The summed E-state index contributed by atoms with van der Waals surface area (Å²) in [5, 5.41) is 19.3. The number of carbonyl (C=O) groups excluding carboxylic acids is 3. The van der Waals surface area contributed by atoms with Gasteiger partial charge in [-0.2, -0.15) is 5.10 Å². The zero-order chi connectivity index (χ0) is 19.7. The maximum Gasteiger partial charge on any atom is 0.258 e. The molecule has 138 valence electrons. The molecule has 2 aromatic carbocycles. The minimum atomic E-state index is -0.344. The number of aldehydes is 1. The van der Waals surface area contributed by atoms with Gasteiger partial charge in [-0.15, -0.1) is 0 Å². The molecule has 0 radical (unpaired) electrons. The Morgan fingerprint density at radius 3 is 2.64 bits per heavy atom. The quantitative estimate of drug-likeness (QED) is 0.315. The van der Waals surface area contributed by atoms with Gasteiger partial charge in [-0.05, 0) is 18.2 Å². The molecule has 2 aromatic heterocycles. The van der Waals surface area contributed by atoms with E-state index in [-0.39, 0.29) is 23.1 Å². The van der Waals surface area contributed by atoms with E-state index in [0.29, 0.717) is 39.6 Å². The highest BCUT2D eigenvalue weighted by Crippen LogP contribution is 2.27. The molecule has 1 amide bonds. The molecule has 0 atom stereocenters. The number of benzene rings is 2. The highest BCUT2D eigenvalue weighted by molar-refractivity contribution is 6.12. The average molecular weight is 374 g/mol. The van der Waals surface area contributed by atoms with Crippen LogP contribution < -0.4 is 5.32 Å². The largest absolute Gasteiger partial charge is 0.494 e. The molecule has 2 heterocycles. The molecule has 28 heavy (non-hydrogen) atoms. The summed E-state index contributed by atoms with van der Waals surface area (Å²) in [6, 6.07) is 11.3. The topological polar surface area (TPSA) is 128 Å². The van der Waals surface area contributed by atoms with Crippen molar-refractivity contribution in [3.63, 3.8) is 0 Å². The first-order valence-corrected chi connectivity index (χ1v) is 8.31. The molecule has 0 unspecified atom stereocenters. The van der Waals surface area contributed by atoms with Gasteiger partial charge in [-0.25, -0.2) is 0 Å². The number of hydrogen-bond acceptors (Lipinski definition) is 5. The Morgan fingerprint density at radius 1 is 1.07 bits per heavy atom. The molecule has 0 saturated heterocycles. The van der Waals surface area contributed by atoms with Gasteiger partial charge in [0.2, 0.25) is 0 Å². The fourth-order valence-electron chi connectivity index (χ4n) is 2.95. The van der Waals surface area contributed by atoms with Gasteiger partial charge in [-0.3, -0.25) is 19.5 Å². The number of amides is 1. The Labute approximate surface area is 158 Å². The van der Waals surface area contributed by atoms with Gasteiger partial charge in [0.05, 0.1) is 17.3 Å². The summed E-state index contributed by atoms with van der Waals surface area (Å²) in [6.45, 7) is 0. The molecule has 4 N–H and O–H groups in total. The lowest BCUT2D eigenvalue weighted by molar-refractivity contribution is 0.102. The van der Waals surface area contributed by atoms with Crippen LogP contribution in [0.25, 0.3) is 10.9 Å². The summed E-state index contributed by atoms with van der Waals surface area (Å²) < 4.78 is 0. The second kappa shape index (κ2) is 6.84. The standard InChI is InChI=1S/C20H14N4O4/c25-10-16-15-5-4-12(7-17(15)24-20(16)28)18(26)11-2-1-3-14(6-11)23-19(27)13-8-21-22-9-13/h1-10,24,28H,(H,21,22)(H,23,27). The first-order chi connectivity index (χ1) is 13.6. The van der Waals surface area contributed by atoms with Crippen LogP contribution in [-0.2, 0) is 0 Å². The molecular formula is C20H14N4O4. The predicted molar refractivity (Wildman–Crippen MR) is 102 cm³/mol. The van der Waals surface area contributed by atoms with E-state index in [2.05, 4.69) is 20.5 Å². The van der Waals surface area contributed by atoms with Crippen LogP contribution in [0.4, 0.5) is 5.69 Å². The van der Waals surface area contributed by atoms with Crippen LogP contribution in [0.3, 0.4) is 0 Å². The zero-order valence-electron chi connectivity index (χ0n) is 14.4. The van der Waals surface area contributed by atoms with Gasteiger partial charge < -0.3 is 15.4 Å². The first-order valence-electron chi connectivity index (χ1n) is 8.31. The lowest BCUT2D eigenvalue weighted by Gasteiger charge is -2.07. The minimum absolute atomic E-state index is 0.151. The molecule has 0 aliphatic rings. The molecule has 0 aliphatic heterocycles. The number of nitrogens with one attached hydrogen (secondary N) is 3.